The van der Waals surface area contributed by atoms with Gasteiger partial charge in [-0.15, -0.1) is 0 Å². The van der Waals surface area contributed by atoms with E-state index in [9.17, 15) is 4.79 Å². The van der Waals surface area contributed by atoms with Crippen molar-refractivity contribution in [3.63, 3.8) is 0 Å². The number of amides is 1. The summed E-state index contributed by atoms with van der Waals surface area (Å²) in [6.45, 7) is 4.94. The fraction of sp³-hybridized carbons (Fsp3) is 0.636. The van der Waals surface area contributed by atoms with E-state index in [1.807, 2.05) is 19.2 Å². The summed E-state index contributed by atoms with van der Waals surface area (Å²) in [6, 6.07) is 8.51. The number of halogens is 1. The molecule has 1 atom stereocenters. The van der Waals surface area contributed by atoms with Crippen LogP contribution < -0.4 is 10.6 Å². The third-order valence-electron chi connectivity index (χ3n) is 6.15. The molecule has 0 spiro atoms. The molecule has 1 amide bonds. The highest BCUT2D eigenvalue weighted by atomic mass is 35.5. The maximum atomic E-state index is 11.6. The molecule has 0 saturated carbocycles. The van der Waals surface area contributed by atoms with Crippen LogP contribution in [-0.4, -0.2) is 68.5 Å². The number of likely N-dealkylation sites (tertiary alicyclic amines) is 2. The quantitative estimate of drug-likeness (QED) is 0.549. The monoisotopic (exact) mass is 419 g/mol. The average Bonchev–Trinajstić information content (AvgIpc) is 3.26. The molecule has 6 nitrogen and oxygen atoms in total. The number of carbonyl (C=O) groups is 1. The number of nitrogens with zero attached hydrogens (tertiary/aromatic N) is 3. The lowest BCUT2D eigenvalue weighted by molar-refractivity contribution is -0.121. The lowest BCUT2D eigenvalue weighted by Crippen LogP contribution is -2.48. The number of nitrogens with one attached hydrogen (secondary N) is 2. The number of aliphatic imine (C=N–C) groups is 1. The molecule has 0 radical (unpaired) electrons. The van der Waals surface area contributed by atoms with Gasteiger partial charge in [-0.2, -0.15) is 0 Å². The van der Waals surface area contributed by atoms with Crippen LogP contribution in [0.25, 0.3) is 0 Å². The number of hydrogen-bond acceptors (Lipinski definition) is 3. The average molecular weight is 420 g/mol. The van der Waals surface area contributed by atoms with Gasteiger partial charge in [0.15, 0.2) is 5.96 Å². The lowest BCUT2D eigenvalue weighted by Gasteiger charge is -2.35. The predicted octanol–water partition coefficient (Wildman–Crippen LogP) is 2.90. The minimum absolute atomic E-state index is 0.140. The maximum Gasteiger partial charge on any atom is 0.220 e. The number of piperidine rings is 1. The lowest BCUT2D eigenvalue weighted by atomic mass is 9.93. The van der Waals surface area contributed by atoms with Gasteiger partial charge in [0.25, 0.3) is 0 Å². The molecule has 2 saturated heterocycles. The number of hydrogen-bond donors (Lipinski definition) is 2. The first-order valence-electron chi connectivity index (χ1n) is 10.8. The van der Waals surface area contributed by atoms with Gasteiger partial charge < -0.3 is 15.5 Å². The van der Waals surface area contributed by atoms with Crippen molar-refractivity contribution >= 4 is 23.5 Å². The van der Waals surface area contributed by atoms with E-state index in [2.05, 4.69) is 37.6 Å². The van der Waals surface area contributed by atoms with E-state index >= 15 is 0 Å². The third kappa shape index (κ3) is 6.09. The Kier molecular flexibility index (Phi) is 8.19. The summed E-state index contributed by atoms with van der Waals surface area (Å²) in [5.41, 5.74) is 1.26. The molecule has 2 N–H and O–H groups in total. The topological polar surface area (TPSA) is 60.0 Å². The Labute approximate surface area is 179 Å². The van der Waals surface area contributed by atoms with E-state index in [1.54, 1.807) is 7.05 Å². The van der Waals surface area contributed by atoms with Crippen LogP contribution in [0.15, 0.2) is 29.3 Å². The molecule has 0 aromatic heterocycles. The fourth-order valence-corrected chi connectivity index (χ4v) is 4.66. The highest BCUT2D eigenvalue weighted by molar-refractivity contribution is 6.30. The first-order chi connectivity index (χ1) is 14.1. The van der Waals surface area contributed by atoms with E-state index in [0.29, 0.717) is 18.4 Å². The van der Waals surface area contributed by atoms with Gasteiger partial charge in [0.1, 0.15) is 0 Å². The van der Waals surface area contributed by atoms with E-state index in [0.717, 1.165) is 56.5 Å². The molecule has 2 aliphatic rings. The zero-order chi connectivity index (χ0) is 20.6. The first kappa shape index (κ1) is 21.9. The number of guanidine groups is 1. The molecule has 3 rings (SSSR count). The number of benzene rings is 1. The molecular weight excluding hydrogens is 386 g/mol. The van der Waals surface area contributed by atoms with Crippen LogP contribution in [0.3, 0.4) is 0 Å². The Morgan fingerprint density at radius 1 is 1.24 bits per heavy atom. The van der Waals surface area contributed by atoms with Gasteiger partial charge in [0, 0.05) is 45.2 Å². The highest BCUT2D eigenvalue weighted by Gasteiger charge is 2.26. The SMILES string of the molecule is CN=C(NCC(c1cccc(Cl)c1)N1CCCC1)N1CCC(CC(=O)NC)CC1. The largest absolute Gasteiger partial charge is 0.359 e. The van der Waals surface area contributed by atoms with E-state index in [-0.39, 0.29) is 5.91 Å². The van der Waals surface area contributed by atoms with Crippen molar-refractivity contribution in [1.82, 2.24) is 20.4 Å². The fourth-order valence-electron chi connectivity index (χ4n) is 4.46. The first-order valence-corrected chi connectivity index (χ1v) is 11.1. The summed E-state index contributed by atoms with van der Waals surface area (Å²) < 4.78 is 0. The zero-order valence-electron chi connectivity index (χ0n) is 17.7. The summed E-state index contributed by atoms with van der Waals surface area (Å²) in [5.74, 6) is 1.56. The highest BCUT2D eigenvalue weighted by Crippen LogP contribution is 2.27. The summed E-state index contributed by atoms with van der Waals surface area (Å²) in [4.78, 5) is 21.0. The van der Waals surface area contributed by atoms with Gasteiger partial charge in [-0.05, 0) is 62.4 Å². The number of rotatable bonds is 6. The molecule has 2 heterocycles. The summed E-state index contributed by atoms with van der Waals surface area (Å²) in [7, 11) is 3.56. The summed E-state index contributed by atoms with van der Waals surface area (Å²) in [5, 5.41) is 7.13. The second-order valence-corrected chi connectivity index (χ2v) is 8.49. The molecule has 1 unspecified atom stereocenters. The van der Waals surface area contributed by atoms with Crippen molar-refractivity contribution in [2.75, 3.05) is 46.8 Å². The van der Waals surface area contributed by atoms with Crippen molar-refractivity contribution in [2.24, 2.45) is 10.9 Å². The molecule has 1 aromatic carbocycles. The van der Waals surface area contributed by atoms with Gasteiger partial charge in [0.2, 0.25) is 5.91 Å². The van der Waals surface area contributed by atoms with Crippen LogP contribution in [0, 0.1) is 5.92 Å². The standard InChI is InChI=1S/C22H34ClN5O/c1-24-21(29)14-17-8-12-28(13-9-17)22(25-2)26-16-20(27-10-3-4-11-27)18-6-5-7-19(23)15-18/h5-7,15,17,20H,3-4,8-14,16H2,1-2H3,(H,24,29)(H,25,26). The molecule has 2 aliphatic heterocycles. The Balaban J connectivity index is 1.58. The van der Waals surface area contributed by atoms with Gasteiger partial charge in [-0.1, -0.05) is 23.7 Å². The summed E-state index contributed by atoms with van der Waals surface area (Å²) >= 11 is 6.27. The molecule has 160 valence electrons. The molecule has 1 aromatic rings. The van der Waals surface area contributed by atoms with E-state index < -0.39 is 0 Å². The van der Waals surface area contributed by atoms with Crippen molar-refractivity contribution < 1.29 is 4.79 Å². The van der Waals surface area contributed by atoms with Gasteiger partial charge in [-0.25, -0.2) is 0 Å². The second-order valence-electron chi connectivity index (χ2n) is 8.05. The van der Waals surface area contributed by atoms with Crippen LogP contribution in [0.5, 0.6) is 0 Å². The molecule has 2 fully saturated rings. The van der Waals surface area contributed by atoms with E-state index in [1.165, 1.54) is 18.4 Å². The molecule has 0 bridgehead atoms. The Morgan fingerprint density at radius 3 is 2.59 bits per heavy atom. The Bertz CT molecular complexity index is 696. The van der Waals surface area contributed by atoms with E-state index in [4.69, 9.17) is 11.6 Å². The summed E-state index contributed by atoms with van der Waals surface area (Å²) in [6.07, 6.45) is 5.19. The zero-order valence-corrected chi connectivity index (χ0v) is 18.4. The normalized spacial score (nSPS) is 20.0. The van der Waals surface area contributed by atoms with Gasteiger partial charge in [-0.3, -0.25) is 14.7 Å². The second kappa shape index (κ2) is 10.8. The molecule has 0 aliphatic carbocycles. The van der Waals surface area contributed by atoms with Crippen LogP contribution in [0.2, 0.25) is 5.02 Å². The molecular formula is C22H34ClN5O. The maximum absolute atomic E-state index is 11.6. The van der Waals surface area contributed by atoms with Crippen molar-refractivity contribution in [2.45, 2.75) is 38.1 Å². The smallest absolute Gasteiger partial charge is 0.220 e. The van der Waals surface area contributed by atoms with Crippen molar-refractivity contribution in [1.29, 1.82) is 0 Å². The minimum atomic E-state index is 0.140. The van der Waals surface area contributed by atoms with Gasteiger partial charge in [0.05, 0.1) is 6.04 Å². The van der Waals surface area contributed by atoms with Crippen LogP contribution in [0.1, 0.15) is 43.7 Å². The Morgan fingerprint density at radius 2 is 1.97 bits per heavy atom. The minimum Gasteiger partial charge on any atom is -0.359 e. The number of carbonyl (C=O) groups excluding carboxylic acids is 1. The predicted molar refractivity (Wildman–Crippen MR) is 119 cm³/mol. The van der Waals surface area contributed by atoms with Crippen molar-refractivity contribution in [3.8, 4) is 0 Å². The van der Waals surface area contributed by atoms with Crippen LogP contribution in [-0.2, 0) is 4.79 Å². The third-order valence-corrected chi connectivity index (χ3v) is 6.38. The van der Waals surface area contributed by atoms with Crippen LogP contribution in [0.4, 0.5) is 0 Å². The Hall–Kier alpha value is -1.79. The van der Waals surface area contributed by atoms with Crippen LogP contribution >= 0.6 is 11.6 Å². The van der Waals surface area contributed by atoms with Gasteiger partial charge >= 0.3 is 0 Å². The van der Waals surface area contributed by atoms with Crippen molar-refractivity contribution in [3.05, 3.63) is 34.9 Å². The molecule has 7 heteroatoms. The molecule has 29 heavy (non-hydrogen) atoms.